The fourth-order valence-corrected chi connectivity index (χ4v) is 3.78. The smallest absolute Gasteiger partial charge is 0.334 e. The van der Waals surface area contributed by atoms with Gasteiger partial charge in [0.05, 0.1) is 11.5 Å². The molecule has 0 unspecified atom stereocenters. The van der Waals surface area contributed by atoms with Crippen LogP contribution in [0.5, 0.6) is 0 Å². The van der Waals surface area contributed by atoms with Gasteiger partial charge in [-0.3, -0.25) is 0 Å². The predicted molar refractivity (Wildman–Crippen MR) is 95.5 cm³/mol. The molecule has 0 aromatic carbocycles. The van der Waals surface area contributed by atoms with Gasteiger partial charge in [0.25, 0.3) is 0 Å². The number of fused-ring (bicyclic) bond motifs is 2. The number of hydrogen-bond donors (Lipinski definition) is 2. The van der Waals surface area contributed by atoms with Crippen LogP contribution in [-0.2, 0) is 23.8 Å². The zero-order valence-corrected chi connectivity index (χ0v) is 16.0. The molecule has 0 aromatic heterocycles. The van der Waals surface area contributed by atoms with Gasteiger partial charge in [-0.2, -0.15) is 0 Å². The number of epoxide rings is 1. The summed E-state index contributed by atoms with van der Waals surface area (Å²) in [5, 5.41) is 21.4. The average Bonchev–Trinajstić information content (AvgIpc) is 3.35. The second kappa shape index (κ2) is 6.89. The molecule has 148 valence electrons. The number of allylic oxidation sites excluding steroid dienone is 1. The molecule has 27 heavy (non-hydrogen) atoms. The number of rotatable bonds is 2. The van der Waals surface area contributed by atoms with Crippen molar-refractivity contribution in [1.82, 2.24) is 0 Å². The van der Waals surface area contributed by atoms with Crippen molar-refractivity contribution in [3.05, 3.63) is 35.5 Å². The Labute approximate surface area is 158 Å². The highest BCUT2D eigenvalue weighted by Crippen LogP contribution is 2.44. The summed E-state index contributed by atoms with van der Waals surface area (Å²) in [7, 11) is 0. The molecule has 7 nitrogen and oxygen atoms in total. The molecule has 0 saturated carbocycles. The second-order valence-corrected chi connectivity index (χ2v) is 7.77. The van der Waals surface area contributed by atoms with E-state index in [0.717, 1.165) is 0 Å². The van der Waals surface area contributed by atoms with E-state index in [9.17, 15) is 19.8 Å². The lowest BCUT2D eigenvalue weighted by Crippen LogP contribution is -2.45. The maximum Gasteiger partial charge on any atom is 0.334 e. The minimum Gasteiger partial charge on any atom is -0.458 e. The Morgan fingerprint density at radius 3 is 2.78 bits per heavy atom. The Hall–Kier alpha value is -1.96. The van der Waals surface area contributed by atoms with Crippen LogP contribution in [0.2, 0.25) is 0 Å². The molecule has 0 bridgehead atoms. The molecule has 3 rings (SSSR count). The van der Waals surface area contributed by atoms with Crippen LogP contribution < -0.4 is 0 Å². The Morgan fingerprint density at radius 1 is 1.48 bits per heavy atom. The average molecular weight is 378 g/mol. The van der Waals surface area contributed by atoms with E-state index in [1.165, 1.54) is 0 Å². The van der Waals surface area contributed by atoms with Crippen LogP contribution in [0, 0.1) is 5.92 Å². The van der Waals surface area contributed by atoms with Crippen LogP contribution in [0.4, 0.5) is 0 Å². The van der Waals surface area contributed by atoms with Crippen LogP contribution in [-0.4, -0.2) is 58.3 Å². The molecule has 0 radical (unpaired) electrons. The van der Waals surface area contributed by atoms with Crippen LogP contribution in [0.3, 0.4) is 0 Å². The zero-order valence-electron chi connectivity index (χ0n) is 16.0. The molecular formula is C20H26O7. The summed E-state index contributed by atoms with van der Waals surface area (Å²) in [6, 6.07) is 0. The van der Waals surface area contributed by atoms with Gasteiger partial charge < -0.3 is 24.4 Å². The van der Waals surface area contributed by atoms with Gasteiger partial charge in [0.2, 0.25) is 0 Å². The molecule has 7 atom stereocenters. The number of hydrogen-bond acceptors (Lipinski definition) is 7. The molecule has 0 spiro atoms. The molecule has 3 aliphatic rings. The van der Waals surface area contributed by atoms with E-state index in [0.29, 0.717) is 11.1 Å². The number of esters is 2. The standard InChI is InChI=1S/C20H26O7/c1-6-9(2)18(22)26-13-8-20(5,24)17-16(27-17)15(21)10(3)7-12-14(13)11(4)19(23)25-12/h6-7,12-17,21,24H,4,8H2,1-3,5H3/b9-6+,10-7-/t12-,13-,14-,15+,16+,17+,20+/m0/s1. The van der Waals surface area contributed by atoms with E-state index < -0.39 is 54.0 Å². The Bertz CT molecular complexity index is 733. The van der Waals surface area contributed by atoms with Gasteiger partial charge in [-0.1, -0.05) is 12.7 Å². The number of ether oxygens (including phenoxy) is 3. The van der Waals surface area contributed by atoms with Crippen LogP contribution in [0.15, 0.2) is 35.5 Å². The quantitative estimate of drug-likeness (QED) is 0.322. The molecule has 0 aromatic rings. The predicted octanol–water partition coefficient (Wildman–Crippen LogP) is 1.19. The third kappa shape index (κ3) is 3.59. The minimum absolute atomic E-state index is 0.0212. The van der Waals surface area contributed by atoms with Gasteiger partial charge in [-0.25, -0.2) is 9.59 Å². The number of aliphatic hydroxyl groups is 2. The maximum absolute atomic E-state index is 12.4. The van der Waals surface area contributed by atoms with Crippen molar-refractivity contribution in [2.45, 2.75) is 70.2 Å². The van der Waals surface area contributed by atoms with Crippen molar-refractivity contribution >= 4 is 11.9 Å². The summed E-state index contributed by atoms with van der Waals surface area (Å²) in [4.78, 5) is 24.5. The Kier molecular flexibility index (Phi) is 5.05. The van der Waals surface area contributed by atoms with Gasteiger partial charge in [0.15, 0.2) is 0 Å². The summed E-state index contributed by atoms with van der Waals surface area (Å²) < 4.78 is 16.6. The summed E-state index contributed by atoms with van der Waals surface area (Å²) in [6.45, 7) is 10.4. The van der Waals surface area contributed by atoms with Gasteiger partial charge in [-0.05, 0) is 39.3 Å². The first-order valence-corrected chi connectivity index (χ1v) is 9.04. The normalized spacial score (nSPS) is 43.8. The van der Waals surface area contributed by atoms with E-state index in [1.807, 2.05) is 0 Å². The minimum atomic E-state index is -1.37. The highest BCUT2D eigenvalue weighted by atomic mass is 16.6. The van der Waals surface area contributed by atoms with Crippen LogP contribution >= 0.6 is 0 Å². The fourth-order valence-electron chi connectivity index (χ4n) is 3.78. The van der Waals surface area contributed by atoms with Gasteiger partial charge >= 0.3 is 11.9 Å². The SMILES string of the molecule is C=C1C(=O)O[C@H]2/C=C(/C)[C@@H](O)[C@H]3O[C@H]3[C@](C)(O)C[C@H](OC(=O)/C(C)=C/C)[C@@H]12. The number of carbonyl (C=O) groups excluding carboxylic acids is 2. The molecule has 7 heteroatoms. The van der Waals surface area contributed by atoms with Crippen LogP contribution in [0.25, 0.3) is 0 Å². The van der Waals surface area contributed by atoms with Crippen molar-refractivity contribution in [2.75, 3.05) is 0 Å². The number of aliphatic hydroxyl groups excluding tert-OH is 1. The lowest BCUT2D eigenvalue weighted by Gasteiger charge is -2.33. The zero-order chi connectivity index (χ0) is 20.1. The molecule has 1 aliphatic carbocycles. The first kappa shape index (κ1) is 19.8. The first-order chi connectivity index (χ1) is 12.6. The molecular weight excluding hydrogens is 352 g/mol. The summed E-state index contributed by atoms with van der Waals surface area (Å²) in [6.07, 6.45) is -0.349. The summed E-state index contributed by atoms with van der Waals surface area (Å²) in [5.41, 5.74) is -0.206. The van der Waals surface area contributed by atoms with Gasteiger partial charge in [-0.15, -0.1) is 0 Å². The molecule has 2 saturated heterocycles. The van der Waals surface area contributed by atoms with E-state index >= 15 is 0 Å². The highest BCUT2D eigenvalue weighted by Gasteiger charge is 2.58. The molecule has 2 fully saturated rings. The van der Waals surface area contributed by atoms with E-state index in [4.69, 9.17) is 14.2 Å². The van der Waals surface area contributed by atoms with E-state index in [2.05, 4.69) is 6.58 Å². The molecule has 2 N–H and O–H groups in total. The maximum atomic E-state index is 12.4. The van der Waals surface area contributed by atoms with E-state index in [1.54, 1.807) is 39.8 Å². The highest BCUT2D eigenvalue weighted by molar-refractivity contribution is 5.92. The van der Waals surface area contributed by atoms with Crippen molar-refractivity contribution in [3.63, 3.8) is 0 Å². The molecule has 0 amide bonds. The summed E-state index contributed by atoms with van der Waals surface area (Å²) >= 11 is 0. The second-order valence-electron chi connectivity index (χ2n) is 7.77. The van der Waals surface area contributed by atoms with E-state index in [-0.39, 0.29) is 12.0 Å². The third-order valence-corrected chi connectivity index (χ3v) is 5.63. The number of carbonyl (C=O) groups is 2. The summed E-state index contributed by atoms with van der Waals surface area (Å²) in [5.74, 6) is -1.77. The van der Waals surface area contributed by atoms with Gasteiger partial charge in [0.1, 0.15) is 30.5 Å². The van der Waals surface area contributed by atoms with Crippen molar-refractivity contribution in [3.8, 4) is 0 Å². The topological polar surface area (TPSA) is 106 Å². The van der Waals surface area contributed by atoms with Crippen molar-refractivity contribution < 1.29 is 34.0 Å². The van der Waals surface area contributed by atoms with Crippen LogP contribution in [0.1, 0.15) is 34.1 Å². The van der Waals surface area contributed by atoms with Crippen molar-refractivity contribution in [1.29, 1.82) is 0 Å². The molecule has 2 aliphatic heterocycles. The first-order valence-electron chi connectivity index (χ1n) is 9.04. The Balaban J connectivity index is 2.01. The third-order valence-electron chi connectivity index (χ3n) is 5.63. The lowest BCUT2D eigenvalue weighted by molar-refractivity contribution is -0.151. The fraction of sp³-hybridized carbons (Fsp3) is 0.600. The molecule has 2 heterocycles. The van der Waals surface area contributed by atoms with Crippen molar-refractivity contribution in [2.24, 2.45) is 5.92 Å². The lowest BCUT2D eigenvalue weighted by atomic mass is 9.80. The monoisotopic (exact) mass is 378 g/mol. The van der Waals surface area contributed by atoms with Gasteiger partial charge in [0, 0.05) is 17.6 Å². The largest absolute Gasteiger partial charge is 0.458 e. The Morgan fingerprint density at radius 2 is 2.15 bits per heavy atom.